The summed E-state index contributed by atoms with van der Waals surface area (Å²) in [7, 11) is -11.1. The molecule has 0 saturated carbocycles. The van der Waals surface area contributed by atoms with E-state index in [4.69, 9.17) is 4.74 Å². The molecule has 0 atom stereocenters. The van der Waals surface area contributed by atoms with Crippen LogP contribution in [0.4, 0.5) is 0 Å². The van der Waals surface area contributed by atoms with Crippen LogP contribution in [0.3, 0.4) is 0 Å². The Morgan fingerprint density at radius 2 is 1.41 bits per heavy atom. The molecule has 34 heavy (non-hydrogen) atoms. The Labute approximate surface area is 195 Å². The first-order chi connectivity index (χ1) is 15.9. The molecule has 12 heteroatoms. The summed E-state index contributed by atoms with van der Waals surface area (Å²) in [5, 5.41) is 8.91. The van der Waals surface area contributed by atoms with Crippen LogP contribution in [-0.4, -0.2) is 35.7 Å². The van der Waals surface area contributed by atoms with Gasteiger partial charge in [0.25, 0.3) is 5.91 Å². The van der Waals surface area contributed by atoms with E-state index < -0.39 is 26.7 Å². The number of benzene rings is 3. The maximum atomic E-state index is 12.4. The number of hydrogen-bond acceptors (Lipinski definition) is 5. The Morgan fingerprint density at radius 1 is 0.824 bits per heavy atom. The van der Waals surface area contributed by atoms with E-state index in [0.717, 1.165) is 24.3 Å². The van der Waals surface area contributed by atoms with E-state index >= 15 is 0 Å². The van der Waals surface area contributed by atoms with Crippen molar-refractivity contribution in [1.82, 2.24) is 5.32 Å². The molecule has 0 spiro atoms. The predicted molar refractivity (Wildman–Crippen MR) is 123 cm³/mol. The number of amides is 1. The van der Waals surface area contributed by atoms with Crippen molar-refractivity contribution in [3.63, 3.8) is 0 Å². The number of ether oxygens (including phenoxy) is 1. The first-order valence-electron chi connectivity index (χ1n) is 9.92. The fourth-order valence-corrected chi connectivity index (χ4v) is 5.81. The predicted octanol–water partition coefficient (Wildman–Crippen LogP) is 2.95. The highest BCUT2D eigenvalue weighted by Gasteiger charge is 2.63. The standard InChI is InChI=1S/C22H23NO9P2/c24-19-9-11-20(12-10-19)32-22(33(26,27)28,34(29,30)31)14-16-5-4-6-17(13-16)15-23-21(25)18-7-2-1-3-8-18/h1-13,24H,14-15H2,(H,23,25)(H2,26,27,28)(H2,29,30,31). The van der Waals surface area contributed by atoms with Gasteiger partial charge in [0.05, 0.1) is 0 Å². The van der Waals surface area contributed by atoms with E-state index in [1.165, 1.54) is 18.2 Å². The average molecular weight is 507 g/mol. The largest absolute Gasteiger partial charge is 0.508 e. The smallest absolute Gasteiger partial charge is 0.381 e. The van der Waals surface area contributed by atoms with Gasteiger partial charge in [-0.15, -0.1) is 0 Å². The lowest BCUT2D eigenvalue weighted by molar-refractivity contribution is 0.0950. The molecule has 3 aromatic carbocycles. The van der Waals surface area contributed by atoms with Crippen LogP contribution in [0.15, 0.2) is 78.9 Å². The monoisotopic (exact) mass is 507 g/mol. The topological polar surface area (TPSA) is 174 Å². The molecule has 0 heterocycles. The summed E-state index contributed by atoms with van der Waals surface area (Å²) >= 11 is 0. The van der Waals surface area contributed by atoms with Gasteiger partial charge in [0.1, 0.15) is 11.5 Å². The van der Waals surface area contributed by atoms with Crippen molar-refractivity contribution in [1.29, 1.82) is 0 Å². The third-order valence-corrected chi connectivity index (χ3v) is 8.83. The third kappa shape index (κ3) is 5.93. The van der Waals surface area contributed by atoms with E-state index in [1.54, 1.807) is 36.4 Å². The van der Waals surface area contributed by atoms with Crippen molar-refractivity contribution in [2.24, 2.45) is 0 Å². The summed E-state index contributed by atoms with van der Waals surface area (Å²) in [6.07, 6.45) is -0.830. The highest BCUT2D eigenvalue weighted by Crippen LogP contribution is 2.70. The number of rotatable bonds is 9. The molecule has 1 amide bonds. The van der Waals surface area contributed by atoms with Gasteiger partial charge in [-0.25, -0.2) is 0 Å². The van der Waals surface area contributed by atoms with Crippen molar-refractivity contribution in [3.05, 3.63) is 95.6 Å². The van der Waals surface area contributed by atoms with Crippen LogP contribution in [0, 0.1) is 0 Å². The third-order valence-electron chi connectivity index (χ3n) is 4.94. The number of phenols is 1. The molecule has 0 unspecified atom stereocenters. The zero-order valence-corrected chi connectivity index (χ0v) is 19.5. The Balaban J connectivity index is 1.89. The van der Waals surface area contributed by atoms with Crippen LogP contribution in [0.1, 0.15) is 21.5 Å². The van der Waals surface area contributed by atoms with Gasteiger partial charge in [0.15, 0.2) is 0 Å². The summed E-state index contributed by atoms with van der Waals surface area (Å²) in [4.78, 5) is 52.3. The van der Waals surface area contributed by atoms with Crippen molar-refractivity contribution in [3.8, 4) is 11.5 Å². The number of carbonyl (C=O) groups is 1. The van der Waals surface area contributed by atoms with Crippen LogP contribution >= 0.6 is 15.2 Å². The molecule has 0 aliphatic carbocycles. The first-order valence-corrected chi connectivity index (χ1v) is 13.1. The molecule has 0 fully saturated rings. The zero-order chi connectivity index (χ0) is 25.0. The van der Waals surface area contributed by atoms with Crippen LogP contribution < -0.4 is 10.1 Å². The molecule has 3 rings (SSSR count). The van der Waals surface area contributed by atoms with Gasteiger partial charge in [-0.05, 0) is 47.5 Å². The lowest BCUT2D eigenvalue weighted by Gasteiger charge is -2.35. The van der Waals surface area contributed by atoms with Gasteiger partial charge in [-0.1, -0.05) is 42.5 Å². The minimum atomic E-state index is -5.57. The van der Waals surface area contributed by atoms with E-state index in [0.29, 0.717) is 11.1 Å². The molecule has 0 radical (unpaired) electrons. The number of phenolic OH excluding ortho intramolecular Hbond substituents is 1. The highest BCUT2D eigenvalue weighted by molar-refractivity contribution is 7.72. The molecular weight excluding hydrogens is 484 g/mol. The normalized spacial score (nSPS) is 12.2. The van der Waals surface area contributed by atoms with Gasteiger partial charge in [0.2, 0.25) is 0 Å². The van der Waals surface area contributed by atoms with Gasteiger partial charge < -0.3 is 34.7 Å². The molecule has 0 aliphatic heterocycles. The molecule has 6 N–H and O–H groups in total. The lowest BCUT2D eigenvalue weighted by atomic mass is 10.1. The minimum Gasteiger partial charge on any atom is -0.508 e. The van der Waals surface area contributed by atoms with Crippen molar-refractivity contribution in [2.45, 2.75) is 18.0 Å². The molecule has 10 nitrogen and oxygen atoms in total. The van der Waals surface area contributed by atoms with Gasteiger partial charge in [-0.3, -0.25) is 13.9 Å². The fourth-order valence-electron chi connectivity index (χ4n) is 3.22. The number of aromatic hydroxyl groups is 1. The zero-order valence-electron chi connectivity index (χ0n) is 17.7. The van der Waals surface area contributed by atoms with E-state index in [-0.39, 0.29) is 29.5 Å². The van der Waals surface area contributed by atoms with E-state index in [9.17, 15) is 38.6 Å². The number of nitrogens with one attached hydrogen (secondary N) is 1. The van der Waals surface area contributed by atoms with Crippen molar-refractivity contribution in [2.75, 3.05) is 0 Å². The second-order valence-corrected chi connectivity index (χ2v) is 11.4. The maximum absolute atomic E-state index is 12.4. The summed E-state index contributed by atoms with van der Waals surface area (Å²) in [5.41, 5.74) is 1.15. The average Bonchev–Trinajstić information content (AvgIpc) is 2.78. The van der Waals surface area contributed by atoms with Crippen molar-refractivity contribution < 1.29 is 43.3 Å². The Hall–Kier alpha value is -2.97. The van der Waals surface area contributed by atoms with Crippen LogP contribution in [0.25, 0.3) is 0 Å². The highest BCUT2D eigenvalue weighted by atomic mass is 31.2. The summed E-state index contributed by atoms with van der Waals surface area (Å²) in [6.45, 7) is 0.0687. The Bertz CT molecular complexity index is 1210. The van der Waals surface area contributed by atoms with E-state index in [2.05, 4.69) is 5.32 Å². The SMILES string of the molecule is O=C(NCc1cccc(CC(Oc2ccc(O)cc2)(P(=O)(O)O)P(=O)(O)O)c1)c1ccccc1. The molecular formula is C22H23NO9P2. The molecule has 3 aromatic rings. The number of hydrogen-bond donors (Lipinski definition) is 6. The van der Waals surface area contributed by atoms with Gasteiger partial charge in [0, 0.05) is 18.5 Å². The Morgan fingerprint density at radius 3 is 2.00 bits per heavy atom. The Kier molecular flexibility index (Phi) is 7.63. The van der Waals surface area contributed by atoms with Crippen LogP contribution in [0.2, 0.25) is 0 Å². The molecule has 0 bridgehead atoms. The second-order valence-electron chi connectivity index (χ2n) is 7.47. The van der Waals surface area contributed by atoms with E-state index in [1.807, 2.05) is 0 Å². The van der Waals surface area contributed by atoms with Crippen LogP contribution in [-0.2, 0) is 22.1 Å². The summed E-state index contributed by atoms with van der Waals surface area (Å²) in [6, 6.07) is 19.1. The first kappa shape index (κ1) is 25.6. The molecule has 180 valence electrons. The number of carbonyl (C=O) groups excluding carboxylic acids is 1. The second kappa shape index (κ2) is 10.1. The molecule has 0 saturated heterocycles. The van der Waals surface area contributed by atoms with Gasteiger partial charge in [-0.2, -0.15) is 0 Å². The fraction of sp³-hybridized carbons (Fsp3) is 0.136. The van der Waals surface area contributed by atoms with Crippen LogP contribution in [0.5, 0.6) is 11.5 Å². The van der Waals surface area contributed by atoms with Gasteiger partial charge >= 0.3 is 20.3 Å². The quantitative estimate of drug-likeness (QED) is 0.238. The molecule has 0 aliphatic rings. The summed E-state index contributed by atoms with van der Waals surface area (Å²) < 4.78 is 30.1. The minimum absolute atomic E-state index is 0.0687. The lowest BCUT2D eigenvalue weighted by Crippen LogP contribution is -2.38. The van der Waals surface area contributed by atoms with Crippen molar-refractivity contribution >= 4 is 21.1 Å². The maximum Gasteiger partial charge on any atom is 0.381 e. The molecule has 0 aromatic heterocycles. The summed E-state index contributed by atoms with van der Waals surface area (Å²) in [5.74, 6) is -0.757.